The average molecular weight is 409 g/mol. The van der Waals surface area contributed by atoms with Gasteiger partial charge in [-0.1, -0.05) is 0 Å². The molecule has 2 heterocycles. The van der Waals surface area contributed by atoms with Gasteiger partial charge in [0.05, 0.1) is 24.1 Å². The maximum absolute atomic E-state index is 12.6. The number of carbonyl (C=O) groups is 3. The van der Waals surface area contributed by atoms with E-state index in [9.17, 15) is 22.8 Å². The molecule has 1 aliphatic rings. The number of carbonyl (C=O) groups excluding carboxylic acids is 3. The van der Waals surface area contributed by atoms with Crippen molar-refractivity contribution in [2.24, 2.45) is 5.73 Å². The lowest BCUT2D eigenvalue weighted by atomic mass is 9.97. The van der Waals surface area contributed by atoms with Gasteiger partial charge in [-0.15, -0.1) is 11.3 Å². The number of amides is 2. The number of sulfone groups is 1. The Morgan fingerprint density at radius 2 is 2.11 bits per heavy atom. The summed E-state index contributed by atoms with van der Waals surface area (Å²) in [4.78, 5) is 38.9. The lowest BCUT2D eigenvalue weighted by molar-refractivity contribution is -0.118. The maximum Gasteiger partial charge on any atom is 0.296 e. The second-order valence-corrected chi connectivity index (χ2v) is 8.83. The number of Topliss-reactive ketones (excluding diaryl/α,β-unsaturated/α-hetero) is 1. The molecule has 142 valence electrons. The minimum Gasteiger partial charge on any atom is -0.494 e. The third kappa shape index (κ3) is 3.55. The van der Waals surface area contributed by atoms with Crippen molar-refractivity contribution in [1.82, 2.24) is 4.98 Å². The van der Waals surface area contributed by atoms with Gasteiger partial charge in [0.25, 0.3) is 11.7 Å². The molecule has 2 aromatic rings. The summed E-state index contributed by atoms with van der Waals surface area (Å²) in [5.74, 6) is -2.50. The molecule has 0 bridgehead atoms. The zero-order valence-corrected chi connectivity index (χ0v) is 15.8. The molecule has 3 N–H and O–H groups in total. The van der Waals surface area contributed by atoms with Crippen molar-refractivity contribution in [2.75, 3.05) is 12.4 Å². The zero-order chi connectivity index (χ0) is 19.8. The number of fused-ring (bicyclic) bond motifs is 1. The second-order valence-electron chi connectivity index (χ2n) is 5.78. The van der Waals surface area contributed by atoms with Crippen molar-refractivity contribution in [1.29, 1.82) is 0 Å². The van der Waals surface area contributed by atoms with E-state index in [1.807, 2.05) is 0 Å². The first-order valence-electron chi connectivity index (χ1n) is 7.73. The van der Waals surface area contributed by atoms with Gasteiger partial charge in [-0.05, 0) is 18.1 Å². The Labute approximate surface area is 158 Å². The minimum absolute atomic E-state index is 0.0315. The third-order valence-electron chi connectivity index (χ3n) is 4.01. The molecular weight excluding hydrogens is 394 g/mol. The Hall–Kier alpha value is -2.79. The number of nitrogens with zero attached hydrogens (tertiary/aromatic N) is 1. The van der Waals surface area contributed by atoms with Crippen molar-refractivity contribution in [2.45, 2.75) is 22.9 Å². The van der Waals surface area contributed by atoms with E-state index in [0.29, 0.717) is 5.56 Å². The van der Waals surface area contributed by atoms with E-state index >= 15 is 0 Å². The lowest BCUT2D eigenvalue weighted by Crippen LogP contribution is -2.14. The number of thiazole rings is 1. The van der Waals surface area contributed by atoms with Crippen LogP contribution in [-0.2, 0) is 31.6 Å². The van der Waals surface area contributed by atoms with Gasteiger partial charge in [0, 0.05) is 23.6 Å². The van der Waals surface area contributed by atoms with Gasteiger partial charge in [0.15, 0.2) is 0 Å². The van der Waals surface area contributed by atoms with Crippen LogP contribution in [0.2, 0.25) is 0 Å². The largest absolute Gasteiger partial charge is 0.494 e. The maximum atomic E-state index is 12.6. The Bertz CT molecular complexity index is 1040. The monoisotopic (exact) mass is 409 g/mol. The zero-order valence-electron chi connectivity index (χ0n) is 14.1. The average Bonchev–Trinajstić information content (AvgIpc) is 3.23. The van der Waals surface area contributed by atoms with Gasteiger partial charge in [-0.2, -0.15) is 0 Å². The molecular formula is C16H15N3O6S2. The third-order valence-corrected chi connectivity index (χ3v) is 6.96. The van der Waals surface area contributed by atoms with Crippen LogP contribution in [0.15, 0.2) is 22.0 Å². The fourth-order valence-electron chi connectivity index (χ4n) is 2.86. The quantitative estimate of drug-likeness (QED) is 0.639. The molecule has 9 nitrogen and oxygen atoms in total. The molecule has 2 amide bonds. The minimum atomic E-state index is -3.79. The van der Waals surface area contributed by atoms with Crippen LogP contribution in [0.4, 0.5) is 5.69 Å². The van der Waals surface area contributed by atoms with Gasteiger partial charge in [-0.3, -0.25) is 14.4 Å². The summed E-state index contributed by atoms with van der Waals surface area (Å²) in [6.45, 7) is 0. The Morgan fingerprint density at radius 1 is 1.37 bits per heavy atom. The van der Waals surface area contributed by atoms with Crippen LogP contribution in [0.25, 0.3) is 0 Å². The highest BCUT2D eigenvalue weighted by Crippen LogP contribution is 2.40. The number of ketones is 1. The SMILES string of the molecule is COc1c(CCC(N)=O)c(CS(=O)(=O)c2nccs2)cc2c1NC(=O)C2=O. The van der Waals surface area contributed by atoms with E-state index in [0.717, 1.165) is 11.3 Å². The van der Waals surface area contributed by atoms with Crippen molar-refractivity contribution in [3.05, 3.63) is 34.3 Å². The van der Waals surface area contributed by atoms with Gasteiger partial charge in [0.2, 0.25) is 20.1 Å². The first-order chi connectivity index (χ1) is 12.7. The number of primary amides is 1. The molecule has 0 radical (unpaired) electrons. The van der Waals surface area contributed by atoms with Crippen molar-refractivity contribution >= 4 is 44.5 Å². The number of nitrogens with one attached hydrogen (secondary N) is 1. The lowest BCUT2D eigenvalue weighted by Gasteiger charge is -2.17. The second kappa shape index (κ2) is 7.08. The predicted octanol–water partition coefficient (Wildman–Crippen LogP) is 0.678. The number of rotatable bonds is 7. The number of nitrogens with two attached hydrogens (primary N) is 1. The fourth-order valence-corrected chi connectivity index (χ4v) is 5.16. The molecule has 1 aliphatic heterocycles. The van der Waals surface area contributed by atoms with Crippen molar-refractivity contribution < 1.29 is 27.5 Å². The Kier molecular flexibility index (Phi) is 4.98. The molecule has 0 aliphatic carbocycles. The highest BCUT2D eigenvalue weighted by molar-refractivity contribution is 7.92. The fraction of sp³-hybridized carbons (Fsp3) is 0.250. The highest BCUT2D eigenvalue weighted by Gasteiger charge is 2.34. The first-order valence-corrected chi connectivity index (χ1v) is 10.3. The van der Waals surface area contributed by atoms with Crippen LogP contribution in [0.3, 0.4) is 0 Å². The summed E-state index contributed by atoms with van der Waals surface area (Å²) in [6, 6.07) is 1.35. The Balaban J connectivity index is 2.15. The van der Waals surface area contributed by atoms with Crippen LogP contribution in [0.5, 0.6) is 5.75 Å². The van der Waals surface area contributed by atoms with Crippen LogP contribution in [-0.4, -0.2) is 38.1 Å². The summed E-state index contributed by atoms with van der Waals surface area (Å²) in [5, 5.41) is 3.96. The standard InChI is InChI=1S/C16H15N3O6S2/c1-25-14-9(2-3-11(17)20)8(6-10-12(14)19-15(22)13(10)21)7-27(23,24)16-18-4-5-26-16/h4-6H,2-3,7H2,1H3,(H2,17,20)(H,19,21,22). The van der Waals surface area contributed by atoms with E-state index in [1.54, 1.807) is 0 Å². The number of hydrogen-bond acceptors (Lipinski definition) is 8. The number of methoxy groups -OCH3 is 1. The van der Waals surface area contributed by atoms with Crippen LogP contribution in [0.1, 0.15) is 27.9 Å². The van der Waals surface area contributed by atoms with E-state index < -0.39 is 33.2 Å². The van der Waals surface area contributed by atoms with E-state index in [1.165, 1.54) is 24.8 Å². The molecule has 0 atom stereocenters. The smallest absolute Gasteiger partial charge is 0.296 e. The highest BCUT2D eigenvalue weighted by atomic mass is 32.2. The van der Waals surface area contributed by atoms with Crippen LogP contribution < -0.4 is 15.8 Å². The van der Waals surface area contributed by atoms with Crippen molar-refractivity contribution in [3.63, 3.8) is 0 Å². The molecule has 1 aromatic heterocycles. The normalized spacial score (nSPS) is 13.4. The summed E-state index contributed by atoms with van der Waals surface area (Å²) >= 11 is 0.972. The summed E-state index contributed by atoms with van der Waals surface area (Å²) in [7, 11) is -2.45. The van der Waals surface area contributed by atoms with Gasteiger partial charge >= 0.3 is 0 Å². The first kappa shape index (κ1) is 19.0. The molecule has 0 spiro atoms. The number of benzene rings is 1. The number of hydrogen-bond donors (Lipinski definition) is 2. The van der Waals surface area contributed by atoms with Crippen LogP contribution in [0, 0.1) is 0 Å². The Morgan fingerprint density at radius 3 is 2.70 bits per heavy atom. The van der Waals surface area contributed by atoms with Gasteiger partial charge < -0.3 is 15.8 Å². The van der Waals surface area contributed by atoms with E-state index in [4.69, 9.17) is 10.5 Å². The molecule has 0 unspecified atom stereocenters. The summed E-state index contributed by atoms with van der Waals surface area (Å²) < 4.78 is 30.6. The van der Waals surface area contributed by atoms with Crippen molar-refractivity contribution in [3.8, 4) is 5.75 Å². The van der Waals surface area contributed by atoms with Gasteiger partial charge in [0.1, 0.15) is 5.75 Å². The predicted molar refractivity (Wildman–Crippen MR) is 96.5 cm³/mol. The number of ether oxygens (including phenoxy) is 1. The summed E-state index contributed by atoms with van der Waals surface area (Å²) in [6.07, 6.45) is 1.42. The number of aromatic nitrogens is 1. The van der Waals surface area contributed by atoms with Gasteiger partial charge in [-0.25, -0.2) is 13.4 Å². The van der Waals surface area contributed by atoms with Crippen LogP contribution >= 0.6 is 11.3 Å². The molecule has 11 heteroatoms. The molecule has 0 saturated carbocycles. The molecule has 0 saturated heterocycles. The molecule has 0 fully saturated rings. The van der Waals surface area contributed by atoms with E-state index in [-0.39, 0.29) is 39.7 Å². The molecule has 3 rings (SSSR count). The molecule has 27 heavy (non-hydrogen) atoms. The van der Waals surface area contributed by atoms with E-state index in [2.05, 4.69) is 10.3 Å². The number of anilines is 1. The molecule has 1 aromatic carbocycles. The topological polar surface area (TPSA) is 146 Å². The summed E-state index contributed by atoms with van der Waals surface area (Å²) in [5.41, 5.74) is 6.06.